The van der Waals surface area contributed by atoms with E-state index in [1.165, 1.54) is 11.1 Å². The van der Waals surface area contributed by atoms with Gasteiger partial charge in [-0.3, -0.25) is 4.79 Å². The second-order valence-corrected chi connectivity index (χ2v) is 5.91. The minimum absolute atomic E-state index is 0.0887. The summed E-state index contributed by atoms with van der Waals surface area (Å²) in [6.45, 7) is 15.1. The molecule has 0 radical (unpaired) electrons. The predicted octanol–water partition coefficient (Wildman–Crippen LogP) is 4.12. The standard InChI is InChI=1S/C16H26O2/c1-7-18-15(17)12(3)10-11(2)14-9-8-13(4)16(14,5)6/h8,12,14H,2,7,9-10H2,1,3-6H3. The van der Waals surface area contributed by atoms with Gasteiger partial charge in [-0.05, 0) is 38.0 Å². The van der Waals surface area contributed by atoms with Crippen molar-refractivity contribution < 1.29 is 9.53 Å². The third-order valence-electron chi connectivity index (χ3n) is 4.30. The number of carbonyl (C=O) groups is 1. The van der Waals surface area contributed by atoms with Crippen molar-refractivity contribution in [1.82, 2.24) is 0 Å². The lowest BCUT2D eigenvalue weighted by atomic mass is 9.73. The highest BCUT2D eigenvalue weighted by atomic mass is 16.5. The first-order valence-electron chi connectivity index (χ1n) is 6.82. The molecular formula is C16H26O2. The van der Waals surface area contributed by atoms with E-state index >= 15 is 0 Å². The van der Waals surface area contributed by atoms with E-state index in [0.717, 1.165) is 12.8 Å². The topological polar surface area (TPSA) is 26.3 Å². The molecule has 18 heavy (non-hydrogen) atoms. The summed E-state index contributed by atoms with van der Waals surface area (Å²) in [5, 5.41) is 0. The first kappa shape index (κ1) is 15.0. The second kappa shape index (κ2) is 5.73. The van der Waals surface area contributed by atoms with Crippen LogP contribution in [0, 0.1) is 17.3 Å². The van der Waals surface area contributed by atoms with Crippen LogP contribution in [0.5, 0.6) is 0 Å². The van der Waals surface area contributed by atoms with Gasteiger partial charge in [-0.2, -0.15) is 0 Å². The summed E-state index contributed by atoms with van der Waals surface area (Å²) in [6, 6.07) is 0. The number of esters is 1. The number of carbonyl (C=O) groups excluding carboxylic acids is 1. The number of ether oxygens (including phenoxy) is 1. The fourth-order valence-electron chi connectivity index (χ4n) is 2.71. The molecule has 0 N–H and O–H groups in total. The summed E-state index contributed by atoms with van der Waals surface area (Å²) >= 11 is 0. The molecule has 2 nitrogen and oxygen atoms in total. The van der Waals surface area contributed by atoms with Gasteiger partial charge in [0.1, 0.15) is 0 Å². The molecule has 0 amide bonds. The molecule has 2 heteroatoms. The lowest BCUT2D eigenvalue weighted by Gasteiger charge is -2.32. The molecule has 102 valence electrons. The summed E-state index contributed by atoms with van der Waals surface area (Å²) in [5.41, 5.74) is 2.77. The van der Waals surface area contributed by atoms with Crippen molar-refractivity contribution >= 4 is 5.97 Å². The van der Waals surface area contributed by atoms with Gasteiger partial charge < -0.3 is 4.74 Å². The lowest BCUT2D eigenvalue weighted by Crippen LogP contribution is -2.24. The third kappa shape index (κ3) is 3.04. The summed E-state index contributed by atoms with van der Waals surface area (Å²) in [6.07, 6.45) is 4.08. The quantitative estimate of drug-likeness (QED) is 0.542. The summed E-state index contributed by atoms with van der Waals surface area (Å²) < 4.78 is 5.05. The Morgan fingerprint density at radius 3 is 2.67 bits per heavy atom. The van der Waals surface area contributed by atoms with Crippen molar-refractivity contribution in [3.63, 3.8) is 0 Å². The molecular weight excluding hydrogens is 224 g/mol. The van der Waals surface area contributed by atoms with E-state index in [2.05, 4.69) is 33.4 Å². The highest BCUT2D eigenvalue weighted by molar-refractivity contribution is 5.72. The molecule has 1 rings (SSSR count). The van der Waals surface area contributed by atoms with Crippen LogP contribution in [0.3, 0.4) is 0 Å². The normalized spacial score (nSPS) is 23.4. The molecule has 0 aromatic heterocycles. The lowest BCUT2D eigenvalue weighted by molar-refractivity contribution is -0.147. The van der Waals surface area contributed by atoms with Gasteiger partial charge in [-0.25, -0.2) is 0 Å². The Hall–Kier alpha value is -1.05. The van der Waals surface area contributed by atoms with Crippen molar-refractivity contribution in [3.05, 3.63) is 23.8 Å². The zero-order valence-electron chi connectivity index (χ0n) is 12.4. The molecule has 0 aromatic rings. The Kier molecular flexibility index (Phi) is 4.78. The smallest absolute Gasteiger partial charge is 0.308 e. The minimum Gasteiger partial charge on any atom is -0.466 e. The van der Waals surface area contributed by atoms with E-state index in [9.17, 15) is 4.79 Å². The molecule has 0 aromatic carbocycles. The second-order valence-electron chi connectivity index (χ2n) is 5.91. The molecule has 2 unspecified atom stereocenters. The summed E-state index contributed by atoms with van der Waals surface area (Å²) in [4.78, 5) is 11.6. The first-order valence-corrected chi connectivity index (χ1v) is 6.82. The van der Waals surface area contributed by atoms with Gasteiger partial charge >= 0.3 is 5.97 Å². The van der Waals surface area contributed by atoms with Crippen LogP contribution in [0.2, 0.25) is 0 Å². The zero-order valence-corrected chi connectivity index (χ0v) is 12.4. The molecule has 0 spiro atoms. The number of allylic oxidation sites excluding steroid dienone is 3. The molecule has 0 aliphatic heterocycles. The van der Waals surface area contributed by atoms with Crippen LogP contribution in [0.15, 0.2) is 23.8 Å². The minimum atomic E-state index is -0.112. The SMILES string of the molecule is C=C(CC(C)C(=O)OCC)C1CC=C(C)C1(C)C. The van der Waals surface area contributed by atoms with Crippen LogP contribution in [-0.4, -0.2) is 12.6 Å². The van der Waals surface area contributed by atoms with Crippen LogP contribution in [0.4, 0.5) is 0 Å². The van der Waals surface area contributed by atoms with E-state index < -0.39 is 0 Å². The zero-order chi connectivity index (χ0) is 13.9. The number of hydrogen-bond donors (Lipinski definition) is 0. The van der Waals surface area contributed by atoms with Crippen molar-refractivity contribution in [2.45, 2.75) is 47.5 Å². The Bertz CT molecular complexity index is 363. The molecule has 1 aliphatic rings. The largest absolute Gasteiger partial charge is 0.466 e. The van der Waals surface area contributed by atoms with Crippen LogP contribution in [-0.2, 0) is 9.53 Å². The fraction of sp³-hybridized carbons (Fsp3) is 0.688. The van der Waals surface area contributed by atoms with Crippen LogP contribution < -0.4 is 0 Å². The summed E-state index contributed by atoms with van der Waals surface area (Å²) in [7, 11) is 0. The van der Waals surface area contributed by atoms with Crippen LogP contribution in [0.1, 0.15) is 47.5 Å². The maximum Gasteiger partial charge on any atom is 0.308 e. The number of rotatable bonds is 5. The van der Waals surface area contributed by atoms with Gasteiger partial charge in [0.15, 0.2) is 0 Å². The Balaban J connectivity index is 2.60. The predicted molar refractivity (Wildman–Crippen MR) is 75.2 cm³/mol. The molecule has 0 bridgehead atoms. The molecule has 2 atom stereocenters. The van der Waals surface area contributed by atoms with E-state index in [0.29, 0.717) is 12.5 Å². The van der Waals surface area contributed by atoms with E-state index in [1.54, 1.807) is 0 Å². The van der Waals surface area contributed by atoms with Gasteiger partial charge in [0.25, 0.3) is 0 Å². The first-order chi connectivity index (χ1) is 8.30. The highest BCUT2D eigenvalue weighted by Gasteiger charge is 2.37. The maximum atomic E-state index is 11.6. The Morgan fingerprint density at radius 2 is 2.22 bits per heavy atom. The Labute approximate surface area is 111 Å². The molecule has 0 heterocycles. The molecule has 1 aliphatic carbocycles. The van der Waals surface area contributed by atoms with Gasteiger partial charge in [-0.15, -0.1) is 0 Å². The summed E-state index contributed by atoms with van der Waals surface area (Å²) in [5.74, 6) is 0.252. The van der Waals surface area contributed by atoms with Crippen LogP contribution in [0.25, 0.3) is 0 Å². The van der Waals surface area contributed by atoms with Crippen molar-refractivity contribution in [2.24, 2.45) is 17.3 Å². The van der Waals surface area contributed by atoms with Crippen molar-refractivity contribution in [1.29, 1.82) is 0 Å². The van der Waals surface area contributed by atoms with Gasteiger partial charge in [0, 0.05) is 0 Å². The maximum absolute atomic E-state index is 11.6. The van der Waals surface area contributed by atoms with Gasteiger partial charge in [0.2, 0.25) is 0 Å². The van der Waals surface area contributed by atoms with E-state index in [-0.39, 0.29) is 17.3 Å². The number of hydrogen-bond acceptors (Lipinski definition) is 2. The highest BCUT2D eigenvalue weighted by Crippen LogP contribution is 2.47. The average molecular weight is 250 g/mol. The van der Waals surface area contributed by atoms with Gasteiger partial charge in [-0.1, -0.05) is 44.6 Å². The van der Waals surface area contributed by atoms with E-state index in [1.807, 2.05) is 13.8 Å². The molecule has 0 saturated heterocycles. The third-order valence-corrected chi connectivity index (χ3v) is 4.30. The van der Waals surface area contributed by atoms with Crippen molar-refractivity contribution in [2.75, 3.05) is 6.61 Å². The van der Waals surface area contributed by atoms with Gasteiger partial charge in [0.05, 0.1) is 12.5 Å². The Morgan fingerprint density at radius 1 is 1.61 bits per heavy atom. The molecule has 0 fully saturated rings. The fourth-order valence-corrected chi connectivity index (χ4v) is 2.71. The monoisotopic (exact) mass is 250 g/mol. The average Bonchev–Trinajstić information content (AvgIpc) is 2.54. The van der Waals surface area contributed by atoms with Crippen molar-refractivity contribution in [3.8, 4) is 0 Å². The van der Waals surface area contributed by atoms with Crippen LogP contribution >= 0.6 is 0 Å². The van der Waals surface area contributed by atoms with E-state index in [4.69, 9.17) is 4.74 Å². The molecule has 0 saturated carbocycles.